The first-order valence-corrected chi connectivity index (χ1v) is 8.87. The number of hydrogen-bond acceptors (Lipinski definition) is 2. The molecule has 0 saturated heterocycles. The molecule has 0 radical (unpaired) electrons. The number of nitrogens with one attached hydrogen (secondary N) is 1. The third kappa shape index (κ3) is 4.10. The zero-order chi connectivity index (χ0) is 13.8. The average Bonchev–Trinajstić information content (AvgIpc) is 2.71. The Balaban J connectivity index is 2.13. The minimum absolute atomic E-state index is 0.378. The number of hydrogen-bond donors (Lipinski definition) is 1. The van der Waals surface area contributed by atoms with Gasteiger partial charge in [0.1, 0.15) is 0 Å². The second kappa shape index (κ2) is 7.31. The van der Waals surface area contributed by atoms with Crippen LogP contribution in [0.2, 0.25) is 8.67 Å². The highest BCUT2D eigenvalue weighted by Gasteiger charge is 2.29. The average molecular weight is 320 g/mol. The lowest BCUT2D eigenvalue weighted by Crippen LogP contribution is -2.31. The quantitative estimate of drug-likeness (QED) is 0.710. The Kier molecular flexibility index (Phi) is 6.01. The molecule has 1 atom stereocenters. The van der Waals surface area contributed by atoms with Gasteiger partial charge in [-0.05, 0) is 43.7 Å². The molecule has 1 fully saturated rings. The molecule has 1 saturated carbocycles. The first-order chi connectivity index (χ1) is 9.11. The molecule has 0 amide bonds. The highest BCUT2D eigenvalue weighted by Crippen LogP contribution is 2.42. The van der Waals surface area contributed by atoms with Gasteiger partial charge in [0.25, 0.3) is 0 Å². The summed E-state index contributed by atoms with van der Waals surface area (Å²) in [6.45, 7) is 5.61. The van der Waals surface area contributed by atoms with Crippen LogP contribution in [0.1, 0.15) is 57.6 Å². The van der Waals surface area contributed by atoms with E-state index >= 15 is 0 Å². The summed E-state index contributed by atoms with van der Waals surface area (Å²) < 4.78 is 1.66. The highest BCUT2D eigenvalue weighted by atomic mass is 35.5. The predicted molar refractivity (Wildman–Crippen MR) is 86.5 cm³/mol. The van der Waals surface area contributed by atoms with Gasteiger partial charge in [-0.25, -0.2) is 0 Å². The van der Waals surface area contributed by atoms with Gasteiger partial charge in [0.05, 0.1) is 8.67 Å². The Morgan fingerprint density at radius 2 is 2.00 bits per heavy atom. The maximum Gasteiger partial charge on any atom is 0.0992 e. The summed E-state index contributed by atoms with van der Waals surface area (Å²) in [5.74, 6) is 1.58. The van der Waals surface area contributed by atoms with Crippen LogP contribution in [-0.2, 0) is 0 Å². The van der Waals surface area contributed by atoms with E-state index in [-0.39, 0.29) is 0 Å². The molecular formula is C15H23Cl2NS. The number of halogens is 2. The standard InChI is InChI=1S/C15H23Cl2NS/c1-3-8-18-14(11-6-4-10(2)5-7-11)12-9-13(16)19-15(12)17/h9-11,14,18H,3-8H2,1-2H3. The van der Waals surface area contributed by atoms with E-state index in [0.717, 1.165) is 27.6 Å². The molecule has 1 nitrogen and oxygen atoms in total. The Hall–Kier alpha value is 0.240. The minimum Gasteiger partial charge on any atom is -0.310 e. The molecule has 2 rings (SSSR count). The van der Waals surface area contributed by atoms with Gasteiger partial charge in [-0.3, -0.25) is 0 Å². The zero-order valence-corrected chi connectivity index (χ0v) is 14.0. The fourth-order valence-electron chi connectivity index (χ4n) is 3.01. The molecule has 1 unspecified atom stereocenters. The van der Waals surface area contributed by atoms with Crippen molar-refractivity contribution in [1.82, 2.24) is 5.32 Å². The van der Waals surface area contributed by atoms with Crippen LogP contribution in [0.15, 0.2) is 6.07 Å². The van der Waals surface area contributed by atoms with Crippen molar-refractivity contribution in [3.63, 3.8) is 0 Å². The molecule has 1 heterocycles. The van der Waals surface area contributed by atoms with Gasteiger partial charge in [0, 0.05) is 11.6 Å². The van der Waals surface area contributed by atoms with Crippen LogP contribution in [0.3, 0.4) is 0 Å². The molecule has 1 aromatic rings. The topological polar surface area (TPSA) is 12.0 Å². The fourth-order valence-corrected chi connectivity index (χ4v) is 4.56. The van der Waals surface area contributed by atoms with Crippen molar-refractivity contribution in [3.05, 3.63) is 20.3 Å². The van der Waals surface area contributed by atoms with Crippen molar-refractivity contribution in [1.29, 1.82) is 0 Å². The summed E-state index contributed by atoms with van der Waals surface area (Å²) in [6, 6.07) is 2.43. The van der Waals surface area contributed by atoms with E-state index in [1.54, 1.807) is 0 Å². The lowest BCUT2D eigenvalue weighted by molar-refractivity contribution is 0.232. The molecule has 19 heavy (non-hydrogen) atoms. The Bertz CT molecular complexity index is 397. The van der Waals surface area contributed by atoms with Crippen molar-refractivity contribution in [2.45, 2.75) is 52.0 Å². The molecule has 0 aromatic carbocycles. The lowest BCUT2D eigenvalue weighted by atomic mass is 9.77. The van der Waals surface area contributed by atoms with Crippen LogP contribution >= 0.6 is 34.5 Å². The number of rotatable bonds is 5. The molecule has 0 aliphatic heterocycles. The maximum atomic E-state index is 6.36. The first kappa shape index (κ1) is 15.6. The summed E-state index contributed by atoms with van der Waals surface area (Å²) in [4.78, 5) is 0. The maximum absolute atomic E-state index is 6.36. The van der Waals surface area contributed by atoms with Gasteiger partial charge >= 0.3 is 0 Å². The Morgan fingerprint density at radius 3 is 2.53 bits per heavy atom. The van der Waals surface area contributed by atoms with E-state index in [1.165, 1.54) is 42.6 Å². The Morgan fingerprint density at radius 1 is 1.32 bits per heavy atom. The highest BCUT2D eigenvalue weighted by molar-refractivity contribution is 7.20. The van der Waals surface area contributed by atoms with Gasteiger partial charge in [-0.1, -0.05) is 49.9 Å². The van der Waals surface area contributed by atoms with Crippen molar-refractivity contribution < 1.29 is 0 Å². The van der Waals surface area contributed by atoms with Gasteiger partial charge in [0.2, 0.25) is 0 Å². The van der Waals surface area contributed by atoms with Gasteiger partial charge in [-0.2, -0.15) is 0 Å². The van der Waals surface area contributed by atoms with Gasteiger partial charge in [0.15, 0.2) is 0 Å². The SMILES string of the molecule is CCCNC(c1cc(Cl)sc1Cl)C1CCC(C)CC1. The van der Waals surface area contributed by atoms with Crippen molar-refractivity contribution in [2.75, 3.05) is 6.54 Å². The summed E-state index contributed by atoms with van der Waals surface area (Å²) in [7, 11) is 0. The van der Waals surface area contributed by atoms with E-state index in [0.29, 0.717) is 12.0 Å². The normalized spacial score (nSPS) is 25.5. The molecule has 1 aliphatic rings. The third-order valence-corrected chi connectivity index (χ3v) is 5.68. The largest absolute Gasteiger partial charge is 0.310 e. The predicted octanol–water partition coefficient (Wildman–Crippen LogP) is 5.92. The van der Waals surface area contributed by atoms with Crippen molar-refractivity contribution in [2.24, 2.45) is 11.8 Å². The summed E-state index contributed by atoms with van der Waals surface area (Å²) in [6.07, 6.45) is 6.42. The second-order valence-corrected chi connectivity index (χ2v) is 8.02. The van der Waals surface area contributed by atoms with Gasteiger partial charge in [-0.15, -0.1) is 11.3 Å². The van der Waals surface area contributed by atoms with E-state index < -0.39 is 0 Å². The minimum atomic E-state index is 0.378. The van der Waals surface area contributed by atoms with E-state index in [1.807, 2.05) is 0 Å². The van der Waals surface area contributed by atoms with Crippen LogP contribution < -0.4 is 5.32 Å². The molecule has 0 spiro atoms. The van der Waals surface area contributed by atoms with Gasteiger partial charge < -0.3 is 5.32 Å². The molecular weight excluding hydrogens is 297 g/mol. The first-order valence-electron chi connectivity index (χ1n) is 7.30. The van der Waals surface area contributed by atoms with E-state index in [4.69, 9.17) is 23.2 Å². The monoisotopic (exact) mass is 319 g/mol. The summed E-state index contributed by atoms with van der Waals surface area (Å²) >= 11 is 14.0. The smallest absolute Gasteiger partial charge is 0.0992 e. The summed E-state index contributed by atoms with van der Waals surface area (Å²) in [5.41, 5.74) is 1.21. The molecule has 1 aromatic heterocycles. The fraction of sp³-hybridized carbons (Fsp3) is 0.733. The molecule has 4 heteroatoms. The number of thiophene rings is 1. The van der Waals surface area contributed by atoms with Crippen LogP contribution in [0.25, 0.3) is 0 Å². The lowest BCUT2D eigenvalue weighted by Gasteiger charge is -2.33. The van der Waals surface area contributed by atoms with E-state index in [9.17, 15) is 0 Å². The molecule has 0 bridgehead atoms. The van der Waals surface area contributed by atoms with Crippen LogP contribution in [0.4, 0.5) is 0 Å². The van der Waals surface area contributed by atoms with Crippen LogP contribution in [0.5, 0.6) is 0 Å². The zero-order valence-electron chi connectivity index (χ0n) is 11.7. The van der Waals surface area contributed by atoms with E-state index in [2.05, 4.69) is 25.2 Å². The molecule has 108 valence electrons. The van der Waals surface area contributed by atoms with Crippen molar-refractivity contribution >= 4 is 34.5 Å². The second-order valence-electron chi connectivity index (χ2n) is 5.73. The molecule has 1 aliphatic carbocycles. The molecule has 1 N–H and O–H groups in total. The van der Waals surface area contributed by atoms with Crippen LogP contribution in [0, 0.1) is 11.8 Å². The summed E-state index contributed by atoms with van der Waals surface area (Å²) in [5, 5.41) is 3.69. The Labute approximate surface area is 130 Å². The third-order valence-electron chi connectivity index (χ3n) is 4.16. The van der Waals surface area contributed by atoms with Crippen LogP contribution in [-0.4, -0.2) is 6.54 Å². The van der Waals surface area contributed by atoms with Crippen molar-refractivity contribution in [3.8, 4) is 0 Å².